The molecular weight excluding hydrogens is 444 g/mol. The van der Waals surface area contributed by atoms with Crippen molar-refractivity contribution in [2.75, 3.05) is 0 Å². The summed E-state index contributed by atoms with van der Waals surface area (Å²) in [5.41, 5.74) is 6.44. The van der Waals surface area contributed by atoms with Gasteiger partial charge in [0.15, 0.2) is 11.6 Å². The van der Waals surface area contributed by atoms with Crippen LogP contribution in [0.4, 0.5) is 17.6 Å². The van der Waals surface area contributed by atoms with Gasteiger partial charge >= 0.3 is 6.36 Å². The summed E-state index contributed by atoms with van der Waals surface area (Å²) in [7, 11) is 0. The number of phenolic OH excluding ortho intramolecular Hbond substituents is 1. The Bertz CT molecular complexity index is 1200. The highest BCUT2D eigenvalue weighted by Crippen LogP contribution is 2.37. The van der Waals surface area contributed by atoms with Crippen LogP contribution in [-0.2, 0) is 4.79 Å². The number of rotatable bonds is 7. The van der Waals surface area contributed by atoms with E-state index in [1.165, 1.54) is 0 Å². The molecule has 1 heterocycles. The van der Waals surface area contributed by atoms with Gasteiger partial charge in [-0.2, -0.15) is 0 Å². The number of nitrogens with two attached hydrogens (primary N) is 1. The molecule has 3 rings (SSSR count). The maximum absolute atomic E-state index is 14.2. The van der Waals surface area contributed by atoms with Crippen molar-refractivity contribution in [3.8, 4) is 11.5 Å². The first-order valence-electron chi connectivity index (χ1n) is 10.2. The largest absolute Gasteiger partial charge is 0.573 e. The number of benzene rings is 2. The number of amides is 1. The lowest BCUT2D eigenvalue weighted by Gasteiger charge is -2.15. The second kappa shape index (κ2) is 9.13. The number of halogens is 4. The Hall–Kier alpha value is -3.56. The number of carbonyl (C=O) groups excluding carboxylic acids is 2. The molecule has 0 spiro atoms. The van der Waals surface area contributed by atoms with Crippen molar-refractivity contribution in [3.05, 3.63) is 59.0 Å². The Morgan fingerprint density at radius 3 is 2.36 bits per heavy atom. The predicted octanol–water partition coefficient (Wildman–Crippen LogP) is 5.14. The molecule has 3 aromatic rings. The van der Waals surface area contributed by atoms with E-state index >= 15 is 0 Å². The SMILES string of the molecule is CCCCC(C(N)=O)c1c(C)n(C(=O)c2ccc(OC(F)(F)F)cc2)c2cc(F)c(O)cc12. The van der Waals surface area contributed by atoms with Crippen molar-refractivity contribution < 1.29 is 37.0 Å². The van der Waals surface area contributed by atoms with Crippen molar-refractivity contribution in [1.29, 1.82) is 0 Å². The second-order valence-electron chi connectivity index (χ2n) is 7.63. The summed E-state index contributed by atoms with van der Waals surface area (Å²) in [6.45, 7) is 3.50. The van der Waals surface area contributed by atoms with Gasteiger partial charge in [-0.15, -0.1) is 13.2 Å². The number of ether oxygens (including phenoxy) is 1. The number of aromatic nitrogens is 1. The summed E-state index contributed by atoms with van der Waals surface area (Å²) < 4.78 is 56.4. The van der Waals surface area contributed by atoms with Gasteiger partial charge < -0.3 is 15.6 Å². The number of primary amides is 1. The Labute approximate surface area is 186 Å². The molecule has 0 saturated carbocycles. The highest BCUT2D eigenvalue weighted by molar-refractivity contribution is 6.05. The summed E-state index contributed by atoms with van der Waals surface area (Å²) in [5, 5.41) is 10.2. The number of carbonyl (C=O) groups is 2. The van der Waals surface area contributed by atoms with Crippen LogP contribution in [0.1, 0.15) is 53.7 Å². The Morgan fingerprint density at radius 1 is 1.18 bits per heavy atom. The van der Waals surface area contributed by atoms with E-state index in [0.717, 1.165) is 47.4 Å². The highest BCUT2D eigenvalue weighted by atomic mass is 19.4. The van der Waals surface area contributed by atoms with Gasteiger partial charge in [-0.1, -0.05) is 19.8 Å². The van der Waals surface area contributed by atoms with E-state index in [9.17, 15) is 32.3 Å². The lowest BCUT2D eigenvalue weighted by atomic mass is 9.90. The zero-order valence-corrected chi connectivity index (χ0v) is 17.9. The van der Waals surface area contributed by atoms with Crippen LogP contribution in [0, 0.1) is 12.7 Å². The quantitative estimate of drug-likeness (QED) is 0.472. The molecule has 0 fully saturated rings. The number of fused-ring (bicyclic) bond motifs is 1. The van der Waals surface area contributed by atoms with E-state index in [0.29, 0.717) is 24.1 Å². The molecule has 176 valence electrons. The number of unbranched alkanes of at least 4 members (excludes halogenated alkanes) is 1. The van der Waals surface area contributed by atoms with Gasteiger partial charge in [0.25, 0.3) is 5.91 Å². The van der Waals surface area contributed by atoms with Crippen molar-refractivity contribution in [2.24, 2.45) is 5.73 Å². The van der Waals surface area contributed by atoms with Crippen LogP contribution in [0.15, 0.2) is 36.4 Å². The normalized spacial score (nSPS) is 12.7. The molecule has 3 N–H and O–H groups in total. The lowest BCUT2D eigenvalue weighted by Crippen LogP contribution is -2.22. The lowest BCUT2D eigenvalue weighted by molar-refractivity contribution is -0.274. The summed E-state index contributed by atoms with van der Waals surface area (Å²) in [6.07, 6.45) is -3.04. The van der Waals surface area contributed by atoms with Crippen LogP contribution in [0.3, 0.4) is 0 Å². The van der Waals surface area contributed by atoms with Crippen LogP contribution in [-0.4, -0.2) is 27.9 Å². The maximum atomic E-state index is 14.2. The summed E-state index contributed by atoms with van der Waals surface area (Å²) >= 11 is 0. The maximum Gasteiger partial charge on any atom is 0.573 e. The fourth-order valence-corrected chi connectivity index (χ4v) is 3.92. The van der Waals surface area contributed by atoms with Crippen molar-refractivity contribution >= 4 is 22.7 Å². The van der Waals surface area contributed by atoms with Gasteiger partial charge in [0.05, 0.1) is 11.4 Å². The molecule has 0 bridgehead atoms. The monoisotopic (exact) mass is 466 g/mol. The third-order valence-electron chi connectivity index (χ3n) is 5.40. The van der Waals surface area contributed by atoms with Crippen molar-refractivity contribution in [2.45, 2.75) is 45.4 Å². The molecule has 1 atom stereocenters. The van der Waals surface area contributed by atoms with Crippen molar-refractivity contribution in [3.63, 3.8) is 0 Å². The molecule has 1 amide bonds. The van der Waals surface area contributed by atoms with Gasteiger partial charge in [-0.3, -0.25) is 14.2 Å². The average molecular weight is 466 g/mol. The van der Waals surface area contributed by atoms with Gasteiger partial charge in [0, 0.05) is 22.7 Å². The van der Waals surface area contributed by atoms with Gasteiger partial charge in [-0.05, 0) is 49.2 Å². The standard InChI is InChI=1S/C23H22F4N2O4/c1-3-4-5-15(21(28)31)20-12(2)29(18-11-17(24)19(30)10-16(18)20)22(32)13-6-8-14(9-7-13)33-23(25,26)27/h6-11,15,30H,3-5H2,1-2H3,(H2,28,31). The minimum Gasteiger partial charge on any atom is -0.505 e. The van der Waals surface area contributed by atoms with Crippen LogP contribution in [0.2, 0.25) is 0 Å². The number of hydrogen-bond acceptors (Lipinski definition) is 4. The Balaban J connectivity index is 2.16. The predicted molar refractivity (Wildman–Crippen MR) is 113 cm³/mol. The molecule has 0 aliphatic heterocycles. The number of hydrogen-bond donors (Lipinski definition) is 2. The molecular formula is C23H22F4N2O4. The molecule has 6 nitrogen and oxygen atoms in total. The molecule has 0 radical (unpaired) electrons. The Kier molecular flexibility index (Phi) is 6.66. The fourth-order valence-electron chi connectivity index (χ4n) is 3.92. The van der Waals surface area contributed by atoms with Gasteiger partial charge in [0.1, 0.15) is 5.75 Å². The van der Waals surface area contributed by atoms with Crippen molar-refractivity contribution in [1.82, 2.24) is 4.57 Å². The first-order chi connectivity index (χ1) is 15.4. The third-order valence-corrected chi connectivity index (χ3v) is 5.40. The first-order valence-corrected chi connectivity index (χ1v) is 10.2. The third kappa shape index (κ3) is 4.94. The number of phenols is 1. The summed E-state index contributed by atoms with van der Waals surface area (Å²) in [6, 6.07) is 6.38. The fraction of sp³-hybridized carbons (Fsp3) is 0.304. The van der Waals surface area contributed by atoms with E-state index in [1.807, 2.05) is 6.92 Å². The minimum absolute atomic E-state index is 0.00809. The van der Waals surface area contributed by atoms with E-state index < -0.39 is 41.4 Å². The van der Waals surface area contributed by atoms with Crippen LogP contribution in [0.25, 0.3) is 10.9 Å². The molecule has 1 aromatic heterocycles. The molecule has 2 aromatic carbocycles. The number of aromatic hydroxyl groups is 1. The van der Waals surface area contributed by atoms with Crippen LogP contribution in [0.5, 0.6) is 11.5 Å². The zero-order valence-electron chi connectivity index (χ0n) is 17.9. The summed E-state index contributed by atoms with van der Waals surface area (Å²) in [4.78, 5) is 25.5. The van der Waals surface area contributed by atoms with E-state index in [-0.39, 0.29) is 16.5 Å². The number of nitrogens with zero attached hydrogens (tertiary/aromatic N) is 1. The smallest absolute Gasteiger partial charge is 0.505 e. The molecule has 10 heteroatoms. The van der Waals surface area contributed by atoms with Gasteiger partial charge in [-0.25, -0.2) is 4.39 Å². The highest BCUT2D eigenvalue weighted by Gasteiger charge is 2.32. The van der Waals surface area contributed by atoms with E-state index in [1.54, 1.807) is 6.92 Å². The van der Waals surface area contributed by atoms with E-state index in [4.69, 9.17) is 5.73 Å². The molecule has 1 unspecified atom stereocenters. The van der Waals surface area contributed by atoms with Crippen LogP contribution < -0.4 is 10.5 Å². The van der Waals surface area contributed by atoms with Crippen LogP contribution >= 0.6 is 0 Å². The minimum atomic E-state index is -4.88. The average Bonchev–Trinajstić information content (AvgIpc) is 2.98. The van der Waals surface area contributed by atoms with E-state index in [2.05, 4.69) is 4.74 Å². The molecule has 0 aliphatic rings. The topological polar surface area (TPSA) is 94.6 Å². The Morgan fingerprint density at radius 2 is 1.82 bits per heavy atom. The van der Waals surface area contributed by atoms with Gasteiger partial charge in [0.2, 0.25) is 5.91 Å². The number of alkyl halides is 3. The first kappa shape index (κ1) is 24.1. The molecule has 0 saturated heterocycles. The molecule has 0 aliphatic carbocycles. The summed E-state index contributed by atoms with van der Waals surface area (Å²) in [5.74, 6) is -4.20. The molecule has 33 heavy (non-hydrogen) atoms. The zero-order chi connectivity index (χ0) is 24.5. The second-order valence-corrected chi connectivity index (χ2v) is 7.63.